The monoisotopic (exact) mass is 350 g/mol. The number of piperidine rings is 1. The number of nitrogens with zero attached hydrogens (tertiary/aromatic N) is 3. The topological polar surface area (TPSA) is 58.1 Å². The second-order valence-electron chi connectivity index (χ2n) is 5.58. The van der Waals surface area contributed by atoms with Crippen LogP contribution in [0, 0.1) is 5.92 Å². The van der Waals surface area contributed by atoms with Crippen LogP contribution in [0.4, 0.5) is 10.8 Å². The Hall–Kier alpha value is -1.66. The standard InChI is InChI=1S/C16H19ClN4OS/c1-2-14-19-20-16(23-14)18-15(22)11-6-8-21(9-7-11)13-5-3-4-12(17)10-13/h3-5,10-11H,2,6-9H2,1H3,(H,18,20,22). The Kier molecular flexibility index (Phi) is 5.13. The molecule has 1 amide bonds. The van der Waals surface area contributed by atoms with Crippen molar-refractivity contribution in [3.8, 4) is 0 Å². The lowest BCUT2D eigenvalue weighted by Crippen LogP contribution is -2.38. The van der Waals surface area contributed by atoms with E-state index in [-0.39, 0.29) is 11.8 Å². The van der Waals surface area contributed by atoms with Gasteiger partial charge in [-0.05, 0) is 37.5 Å². The van der Waals surface area contributed by atoms with Gasteiger partial charge in [-0.2, -0.15) is 0 Å². The number of hydrogen-bond acceptors (Lipinski definition) is 5. The fourth-order valence-electron chi connectivity index (χ4n) is 2.73. The van der Waals surface area contributed by atoms with Gasteiger partial charge < -0.3 is 10.2 Å². The number of benzene rings is 1. The van der Waals surface area contributed by atoms with Crippen LogP contribution in [-0.2, 0) is 11.2 Å². The van der Waals surface area contributed by atoms with Crippen LogP contribution in [0.2, 0.25) is 5.02 Å². The maximum atomic E-state index is 12.4. The quantitative estimate of drug-likeness (QED) is 0.915. The molecule has 1 aliphatic rings. The van der Waals surface area contributed by atoms with E-state index in [0.29, 0.717) is 5.13 Å². The molecule has 0 bridgehead atoms. The number of hydrogen-bond donors (Lipinski definition) is 1. The minimum atomic E-state index is 0.0272. The van der Waals surface area contributed by atoms with Gasteiger partial charge in [0.1, 0.15) is 5.01 Å². The molecule has 5 nitrogen and oxygen atoms in total. The van der Waals surface area contributed by atoms with Crippen molar-refractivity contribution in [2.75, 3.05) is 23.3 Å². The number of rotatable bonds is 4. The summed E-state index contributed by atoms with van der Waals surface area (Å²) in [5, 5.41) is 13.2. The third-order valence-corrected chi connectivity index (χ3v) is 5.26. The normalized spacial score (nSPS) is 15.7. The molecule has 23 heavy (non-hydrogen) atoms. The summed E-state index contributed by atoms with van der Waals surface area (Å²) >= 11 is 7.49. The molecular formula is C16H19ClN4OS. The van der Waals surface area contributed by atoms with Crippen molar-refractivity contribution >= 4 is 39.7 Å². The molecule has 0 aliphatic carbocycles. The number of anilines is 2. The van der Waals surface area contributed by atoms with Crippen molar-refractivity contribution in [1.82, 2.24) is 10.2 Å². The van der Waals surface area contributed by atoms with Crippen LogP contribution >= 0.6 is 22.9 Å². The smallest absolute Gasteiger partial charge is 0.229 e. The van der Waals surface area contributed by atoms with Gasteiger partial charge in [-0.15, -0.1) is 10.2 Å². The summed E-state index contributed by atoms with van der Waals surface area (Å²) in [6.07, 6.45) is 2.50. The summed E-state index contributed by atoms with van der Waals surface area (Å²) in [6.45, 7) is 3.74. The molecule has 1 N–H and O–H groups in total. The van der Waals surface area contributed by atoms with Crippen molar-refractivity contribution in [3.63, 3.8) is 0 Å². The van der Waals surface area contributed by atoms with Gasteiger partial charge in [0.15, 0.2) is 0 Å². The lowest BCUT2D eigenvalue weighted by atomic mass is 9.95. The number of nitrogens with one attached hydrogen (secondary N) is 1. The van der Waals surface area contributed by atoms with E-state index in [4.69, 9.17) is 11.6 Å². The van der Waals surface area contributed by atoms with Gasteiger partial charge in [0.25, 0.3) is 0 Å². The molecule has 1 aliphatic heterocycles. The Morgan fingerprint density at radius 3 is 2.83 bits per heavy atom. The van der Waals surface area contributed by atoms with Crippen LogP contribution in [0.15, 0.2) is 24.3 Å². The number of carbonyl (C=O) groups is 1. The number of aromatic nitrogens is 2. The molecule has 2 heterocycles. The lowest BCUT2D eigenvalue weighted by Gasteiger charge is -2.32. The Morgan fingerprint density at radius 2 is 2.17 bits per heavy atom. The van der Waals surface area contributed by atoms with Crippen LogP contribution in [0.5, 0.6) is 0 Å². The highest BCUT2D eigenvalue weighted by atomic mass is 35.5. The summed E-state index contributed by atoms with van der Waals surface area (Å²) in [6, 6.07) is 7.85. The SMILES string of the molecule is CCc1nnc(NC(=O)C2CCN(c3cccc(Cl)c3)CC2)s1. The number of carbonyl (C=O) groups excluding carboxylic acids is 1. The number of amides is 1. The summed E-state index contributed by atoms with van der Waals surface area (Å²) in [4.78, 5) is 14.6. The molecule has 1 aromatic heterocycles. The molecule has 1 fully saturated rings. The average Bonchev–Trinajstić information content (AvgIpc) is 3.02. The zero-order valence-electron chi connectivity index (χ0n) is 13.0. The van der Waals surface area contributed by atoms with Gasteiger partial charge in [-0.25, -0.2) is 0 Å². The lowest BCUT2D eigenvalue weighted by molar-refractivity contribution is -0.120. The molecule has 2 aromatic rings. The van der Waals surface area contributed by atoms with Gasteiger partial charge in [0, 0.05) is 29.7 Å². The van der Waals surface area contributed by atoms with Gasteiger partial charge in [0.2, 0.25) is 11.0 Å². The van der Waals surface area contributed by atoms with Crippen LogP contribution in [0.3, 0.4) is 0 Å². The maximum Gasteiger partial charge on any atom is 0.229 e. The fraction of sp³-hybridized carbons (Fsp3) is 0.438. The van der Waals surface area contributed by atoms with Crippen LogP contribution in [0.25, 0.3) is 0 Å². The number of aryl methyl sites for hydroxylation is 1. The van der Waals surface area contributed by atoms with Crippen LogP contribution in [0.1, 0.15) is 24.8 Å². The first-order valence-corrected chi connectivity index (χ1v) is 8.99. The average molecular weight is 351 g/mol. The van der Waals surface area contributed by atoms with Gasteiger partial charge in [-0.1, -0.05) is 35.9 Å². The zero-order valence-corrected chi connectivity index (χ0v) is 14.5. The van der Waals surface area contributed by atoms with E-state index in [1.54, 1.807) is 0 Å². The van der Waals surface area contributed by atoms with Crippen molar-refractivity contribution < 1.29 is 4.79 Å². The largest absolute Gasteiger partial charge is 0.371 e. The van der Waals surface area contributed by atoms with Crippen molar-refractivity contribution in [1.29, 1.82) is 0 Å². The van der Waals surface area contributed by atoms with E-state index >= 15 is 0 Å². The summed E-state index contributed by atoms with van der Waals surface area (Å²) < 4.78 is 0. The third-order valence-electron chi connectivity index (χ3n) is 4.04. The van der Waals surface area contributed by atoms with Crippen molar-refractivity contribution in [2.24, 2.45) is 5.92 Å². The second kappa shape index (κ2) is 7.27. The summed E-state index contributed by atoms with van der Waals surface area (Å²) in [5.41, 5.74) is 1.12. The number of halogens is 1. The molecule has 0 saturated carbocycles. The van der Waals surface area contributed by atoms with Gasteiger partial charge >= 0.3 is 0 Å². The third kappa shape index (κ3) is 4.00. The highest BCUT2D eigenvalue weighted by molar-refractivity contribution is 7.15. The Morgan fingerprint density at radius 1 is 1.39 bits per heavy atom. The molecular weight excluding hydrogens is 332 g/mol. The maximum absolute atomic E-state index is 12.4. The molecule has 122 valence electrons. The summed E-state index contributed by atoms with van der Waals surface area (Å²) in [5.74, 6) is 0.0777. The molecule has 0 radical (unpaired) electrons. The molecule has 3 rings (SSSR count). The Bertz CT molecular complexity index is 682. The highest BCUT2D eigenvalue weighted by Gasteiger charge is 2.26. The Labute approximate surface area is 144 Å². The van der Waals surface area contributed by atoms with Gasteiger partial charge in [-0.3, -0.25) is 4.79 Å². The van der Waals surface area contributed by atoms with Crippen LogP contribution in [-0.4, -0.2) is 29.2 Å². The zero-order chi connectivity index (χ0) is 16.2. The highest BCUT2D eigenvalue weighted by Crippen LogP contribution is 2.26. The van der Waals surface area contributed by atoms with Crippen LogP contribution < -0.4 is 10.2 Å². The summed E-state index contributed by atoms with van der Waals surface area (Å²) in [7, 11) is 0. The molecule has 0 unspecified atom stereocenters. The van der Waals surface area contributed by atoms with Crippen molar-refractivity contribution in [2.45, 2.75) is 26.2 Å². The van der Waals surface area contributed by atoms with E-state index in [1.165, 1.54) is 11.3 Å². The second-order valence-corrected chi connectivity index (χ2v) is 7.08. The Balaban J connectivity index is 1.55. The molecule has 7 heteroatoms. The van der Waals surface area contributed by atoms with Crippen molar-refractivity contribution in [3.05, 3.63) is 34.3 Å². The van der Waals surface area contributed by atoms with E-state index in [1.807, 2.05) is 25.1 Å². The van der Waals surface area contributed by atoms with Gasteiger partial charge in [0.05, 0.1) is 0 Å². The molecule has 1 saturated heterocycles. The van der Waals surface area contributed by atoms with E-state index in [9.17, 15) is 4.79 Å². The predicted molar refractivity (Wildman–Crippen MR) is 94.3 cm³/mol. The fourth-order valence-corrected chi connectivity index (χ4v) is 3.59. The van der Waals surface area contributed by atoms with E-state index in [0.717, 1.165) is 48.1 Å². The minimum absolute atomic E-state index is 0.0272. The molecule has 1 aromatic carbocycles. The first-order chi connectivity index (χ1) is 11.2. The predicted octanol–water partition coefficient (Wildman–Crippen LogP) is 3.61. The van der Waals surface area contributed by atoms with E-state index < -0.39 is 0 Å². The first kappa shape index (κ1) is 16.2. The molecule has 0 atom stereocenters. The minimum Gasteiger partial charge on any atom is -0.371 e. The first-order valence-electron chi connectivity index (χ1n) is 7.79. The molecule has 0 spiro atoms. The van der Waals surface area contributed by atoms with E-state index in [2.05, 4.69) is 26.5 Å².